The summed E-state index contributed by atoms with van der Waals surface area (Å²) in [5, 5.41) is 2.94. The van der Waals surface area contributed by atoms with Gasteiger partial charge in [0.15, 0.2) is 17.3 Å². The van der Waals surface area contributed by atoms with E-state index >= 15 is 0 Å². The number of benzene rings is 1. The number of hydrogen-bond donors (Lipinski definition) is 1. The molecule has 1 unspecified atom stereocenters. The maximum atomic E-state index is 12.3. The van der Waals surface area contributed by atoms with Gasteiger partial charge in [0.2, 0.25) is 6.79 Å². The Hall–Kier alpha value is -1.55. The molecular weight excluding hydrogens is 218 g/mol. The quantitative estimate of drug-likeness (QED) is 0.795. The topological polar surface area (TPSA) is 47.6 Å². The van der Waals surface area contributed by atoms with Crippen LogP contribution in [-0.4, -0.2) is 25.2 Å². The van der Waals surface area contributed by atoms with Crippen LogP contribution in [-0.2, 0) is 0 Å². The highest BCUT2D eigenvalue weighted by atomic mass is 16.7. The Morgan fingerprint density at radius 2 is 2.35 bits per heavy atom. The largest absolute Gasteiger partial charge is 0.454 e. The van der Waals surface area contributed by atoms with Crippen LogP contribution in [0, 0.1) is 0 Å². The molecule has 17 heavy (non-hydrogen) atoms. The van der Waals surface area contributed by atoms with Crippen LogP contribution < -0.4 is 14.8 Å². The van der Waals surface area contributed by atoms with Crippen LogP contribution in [0.25, 0.3) is 0 Å². The first kappa shape index (κ1) is 9.48. The molecule has 92 valence electrons. The van der Waals surface area contributed by atoms with Crippen LogP contribution in [0.3, 0.4) is 0 Å². The highest BCUT2D eigenvalue weighted by Crippen LogP contribution is 2.32. The molecule has 0 aromatic heterocycles. The minimum Gasteiger partial charge on any atom is -0.454 e. The summed E-state index contributed by atoms with van der Waals surface area (Å²) in [5.41, 5.74) is 0.551. The molecule has 1 aliphatic rings. The second-order valence-corrected chi connectivity index (χ2v) is 3.80. The van der Waals surface area contributed by atoms with Gasteiger partial charge in [-0.05, 0) is 31.2 Å². The van der Waals surface area contributed by atoms with E-state index in [0.29, 0.717) is 23.5 Å². The zero-order chi connectivity index (χ0) is 13.8. The molecule has 0 spiro atoms. The van der Waals surface area contributed by atoms with E-state index in [4.69, 9.17) is 12.2 Å². The van der Waals surface area contributed by atoms with Gasteiger partial charge in [0.05, 0.1) is 6.04 Å². The number of carbonyl (C=O) groups is 1. The first-order valence-electron chi connectivity index (χ1n) is 6.79. The fourth-order valence-electron chi connectivity index (χ4n) is 1.82. The number of likely N-dealkylation sites (N-methyl/N-ethyl adjacent to an activating group) is 1. The second kappa shape index (κ2) is 5.19. The lowest BCUT2D eigenvalue weighted by atomic mass is 10.0. The molecule has 0 saturated carbocycles. The lowest BCUT2D eigenvalue weighted by Crippen LogP contribution is -2.35. The smallest absolute Gasteiger partial charge is 0.231 e. The van der Waals surface area contributed by atoms with E-state index in [0.717, 1.165) is 0 Å². The highest BCUT2D eigenvalue weighted by molar-refractivity contribution is 6.00. The molecule has 1 aromatic carbocycles. The van der Waals surface area contributed by atoms with Crippen LogP contribution >= 0.6 is 0 Å². The van der Waals surface area contributed by atoms with Crippen molar-refractivity contribution in [2.75, 3.05) is 13.3 Å². The molecule has 1 aromatic rings. The maximum Gasteiger partial charge on any atom is 0.231 e. The van der Waals surface area contributed by atoms with Gasteiger partial charge >= 0.3 is 0 Å². The average Bonchev–Trinajstić information content (AvgIpc) is 2.85. The van der Waals surface area contributed by atoms with Crippen LogP contribution in [0.5, 0.6) is 11.5 Å². The summed E-state index contributed by atoms with van der Waals surface area (Å²) in [6, 6.07) is 4.73. The third-order valence-electron chi connectivity index (χ3n) is 2.75. The molecular formula is C13H17NO3. The standard InChI is InChI=1S/C13H17NO3/c1-3-10(14-4-2)13(15)9-5-6-11-12(7-9)17-8-16-11/h5-7,10,14H,3-4,8H2,1-2H3/i2D2. The molecule has 0 amide bonds. The number of ether oxygens (including phenoxy) is 2. The van der Waals surface area contributed by atoms with E-state index in [1.54, 1.807) is 18.2 Å². The zero-order valence-corrected chi connectivity index (χ0v) is 9.73. The van der Waals surface area contributed by atoms with Crippen LogP contribution in [0.1, 0.15) is 33.3 Å². The number of fused-ring (bicyclic) bond motifs is 1. The van der Waals surface area contributed by atoms with Crippen molar-refractivity contribution in [1.29, 1.82) is 0 Å². The monoisotopic (exact) mass is 237 g/mol. The van der Waals surface area contributed by atoms with Gasteiger partial charge in [-0.15, -0.1) is 0 Å². The van der Waals surface area contributed by atoms with Crippen molar-refractivity contribution >= 4 is 5.78 Å². The van der Waals surface area contributed by atoms with Gasteiger partial charge in [-0.1, -0.05) is 13.8 Å². The molecule has 0 aliphatic carbocycles. The normalized spacial score (nSPS) is 16.6. The number of hydrogen-bond acceptors (Lipinski definition) is 4. The van der Waals surface area contributed by atoms with E-state index < -0.39 is 6.88 Å². The van der Waals surface area contributed by atoms with Crippen molar-refractivity contribution in [3.8, 4) is 11.5 Å². The fourth-order valence-corrected chi connectivity index (χ4v) is 1.82. The fraction of sp³-hybridized carbons (Fsp3) is 0.462. The second-order valence-electron chi connectivity index (χ2n) is 3.80. The van der Waals surface area contributed by atoms with Crippen molar-refractivity contribution in [2.24, 2.45) is 0 Å². The summed E-state index contributed by atoms with van der Waals surface area (Å²) in [6.07, 6.45) is 0.611. The maximum absolute atomic E-state index is 12.3. The summed E-state index contributed by atoms with van der Waals surface area (Å²) in [4.78, 5) is 12.3. The molecule has 0 radical (unpaired) electrons. The Balaban J connectivity index is 2.09. The predicted octanol–water partition coefficient (Wildman–Crippen LogP) is 1.99. The Morgan fingerprint density at radius 1 is 1.53 bits per heavy atom. The van der Waals surface area contributed by atoms with Gasteiger partial charge in [0, 0.05) is 8.30 Å². The lowest BCUT2D eigenvalue weighted by Gasteiger charge is -2.14. The first-order chi connectivity index (χ1) is 9.11. The van der Waals surface area contributed by atoms with E-state index in [1.807, 2.05) is 6.92 Å². The molecule has 0 fully saturated rings. The van der Waals surface area contributed by atoms with Crippen LogP contribution in [0.2, 0.25) is 0 Å². The van der Waals surface area contributed by atoms with Crippen LogP contribution in [0.15, 0.2) is 18.2 Å². The molecule has 4 heteroatoms. The summed E-state index contributed by atoms with van der Waals surface area (Å²) in [7, 11) is 0. The first-order valence-corrected chi connectivity index (χ1v) is 5.63. The third kappa shape index (κ3) is 2.42. The van der Waals surface area contributed by atoms with E-state index in [9.17, 15) is 4.79 Å². The average molecular weight is 237 g/mol. The Morgan fingerprint density at radius 3 is 3.12 bits per heavy atom. The van der Waals surface area contributed by atoms with Crippen molar-refractivity contribution in [3.63, 3.8) is 0 Å². The molecule has 0 bridgehead atoms. The predicted molar refractivity (Wildman–Crippen MR) is 64.7 cm³/mol. The van der Waals surface area contributed by atoms with Gasteiger partial charge < -0.3 is 14.8 Å². The molecule has 1 N–H and O–H groups in total. The Bertz CT molecular complexity index is 465. The Kier molecular flexibility index (Phi) is 2.89. The lowest BCUT2D eigenvalue weighted by molar-refractivity contribution is 0.0941. The van der Waals surface area contributed by atoms with Gasteiger partial charge in [0.25, 0.3) is 0 Å². The molecule has 4 nitrogen and oxygen atoms in total. The molecule has 2 rings (SSSR count). The van der Waals surface area contributed by atoms with Crippen molar-refractivity contribution in [1.82, 2.24) is 5.32 Å². The highest BCUT2D eigenvalue weighted by Gasteiger charge is 2.20. The number of ketones is 1. The number of rotatable bonds is 5. The van der Waals surface area contributed by atoms with E-state index in [-0.39, 0.29) is 25.2 Å². The van der Waals surface area contributed by atoms with Gasteiger partial charge in [0.1, 0.15) is 0 Å². The molecule has 0 saturated heterocycles. The third-order valence-corrected chi connectivity index (χ3v) is 2.75. The van der Waals surface area contributed by atoms with E-state index in [2.05, 4.69) is 5.32 Å². The minimum absolute atomic E-state index is 0.0542. The van der Waals surface area contributed by atoms with Crippen molar-refractivity contribution in [2.45, 2.75) is 26.3 Å². The number of Topliss-reactive ketones (excluding diaryl/α,β-unsaturated/α-hetero) is 1. The minimum atomic E-state index is -0.974. The van der Waals surface area contributed by atoms with Gasteiger partial charge in [-0.3, -0.25) is 4.79 Å². The van der Waals surface area contributed by atoms with E-state index in [1.165, 1.54) is 0 Å². The van der Waals surface area contributed by atoms with Gasteiger partial charge in [-0.25, -0.2) is 0 Å². The molecule has 1 aliphatic heterocycles. The SMILES string of the molecule is [2H]C([2H])CNC(CC)C(=O)c1ccc2c(c1)OCO2. The Labute approximate surface area is 104 Å². The summed E-state index contributed by atoms with van der Waals surface area (Å²) in [5.74, 6) is 1.18. The summed E-state index contributed by atoms with van der Waals surface area (Å²) >= 11 is 0. The van der Waals surface area contributed by atoms with Crippen molar-refractivity contribution in [3.05, 3.63) is 23.8 Å². The number of nitrogens with one attached hydrogen (secondary N) is 1. The molecule has 1 atom stereocenters. The van der Waals surface area contributed by atoms with Crippen molar-refractivity contribution < 1.29 is 17.0 Å². The summed E-state index contributed by atoms with van der Waals surface area (Å²) < 4.78 is 24.7. The number of carbonyl (C=O) groups excluding carboxylic acids is 1. The van der Waals surface area contributed by atoms with Gasteiger partial charge in [-0.2, -0.15) is 0 Å². The van der Waals surface area contributed by atoms with Crippen LogP contribution in [0.4, 0.5) is 0 Å². The molecule has 1 heterocycles. The zero-order valence-electron chi connectivity index (χ0n) is 11.7. The summed E-state index contributed by atoms with van der Waals surface area (Å²) in [6.45, 7) is 1.28.